The van der Waals surface area contributed by atoms with Crippen LogP contribution in [0.2, 0.25) is 0 Å². The molecule has 0 spiro atoms. The number of aromatic nitrogens is 1. The van der Waals surface area contributed by atoms with Gasteiger partial charge in [0, 0.05) is 37.3 Å². The van der Waals surface area contributed by atoms with Crippen molar-refractivity contribution in [3.63, 3.8) is 0 Å². The number of rotatable bonds is 6. The molecule has 1 aromatic heterocycles. The van der Waals surface area contributed by atoms with Crippen LogP contribution in [0.15, 0.2) is 12.3 Å². The maximum atomic E-state index is 13.4. The zero-order valence-corrected chi connectivity index (χ0v) is 20.5. The Morgan fingerprint density at radius 3 is 2.67 bits per heavy atom. The Balaban J connectivity index is 1.86. The van der Waals surface area contributed by atoms with Gasteiger partial charge in [0.2, 0.25) is 5.88 Å². The minimum absolute atomic E-state index is 0.0708. The van der Waals surface area contributed by atoms with Crippen molar-refractivity contribution < 1.29 is 19.7 Å². The number of ether oxygens (including phenoxy) is 1. The van der Waals surface area contributed by atoms with Gasteiger partial charge in [-0.05, 0) is 45.7 Å². The second kappa shape index (κ2) is 11.8. The molecule has 0 saturated heterocycles. The fraction of sp³-hybridized carbons (Fsp3) is 0.692. The van der Waals surface area contributed by atoms with E-state index in [0.29, 0.717) is 23.6 Å². The van der Waals surface area contributed by atoms with Crippen molar-refractivity contribution in [3.8, 4) is 17.7 Å². The lowest BCUT2D eigenvalue weighted by Gasteiger charge is -2.38. The lowest BCUT2D eigenvalue weighted by molar-refractivity contribution is 0.0314. The number of aliphatic hydroxyl groups is 2. The molecule has 33 heavy (non-hydrogen) atoms. The van der Waals surface area contributed by atoms with E-state index in [-0.39, 0.29) is 30.6 Å². The molecule has 1 aliphatic heterocycles. The summed E-state index contributed by atoms with van der Waals surface area (Å²) in [7, 11) is 2.14. The summed E-state index contributed by atoms with van der Waals surface area (Å²) in [5.74, 6) is 6.44. The molecule has 1 saturated carbocycles. The molecule has 2 aliphatic rings. The van der Waals surface area contributed by atoms with Crippen LogP contribution in [-0.2, 0) is 0 Å². The molecule has 2 N–H and O–H groups in total. The number of amides is 1. The number of likely N-dealkylation sites (N-methyl/N-ethyl adjacent to an activating group) is 1. The Labute approximate surface area is 198 Å². The first-order valence-corrected chi connectivity index (χ1v) is 12.2. The third-order valence-corrected chi connectivity index (χ3v) is 6.73. The molecular formula is C26H39N3O4. The van der Waals surface area contributed by atoms with Crippen LogP contribution in [0.1, 0.15) is 68.8 Å². The number of nitrogens with zero attached hydrogens (tertiary/aromatic N) is 3. The molecule has 2 heterocycles. The van der Waals surface area contributed by atoms with Crippen molar-refractivity contribution in [2.24, 2.45) is 11.8 Å². The summed E-state index contributed by atoms with van der Waals surface area (Å²) in [6.45, 7) is 7.71. The molecule has 3 rings (SSSR count). The number of fused-ring (bicyclic) bond motifs is 1. The van der Waals surface area contributed by atoms with Crippen molar-refractivity contribution in [1.82, 2.24) is 14.8 Å². The van der Waals surface area contributed by atoms with E-state index in [0.717, 1.165) is 19.0 Å². The monoisotopic (exact) mass is 457 g/mol. The Hall–Kier alpha value is -2.14. The van der Waals surface area contributed by atoms with Crippen LogP contribution in [0.4, 0.5) is 0 Å². The third kappa shape index (κ3) is 6.92. The van der Waals surface area contributed by atoms with Gasteiger partial charge in [0.05, 0.1) is 12.6 Å². The van der Waals surface area contributed by atoms with Crippen LogP contribution in [0.5, 0.6) is 5.88 Å². The molecule has 7 heteroatoms. The Morgan fingerprint density at radius 2 is 2.00 bits per heavy atom. The number of hydrogen-bond donors (Lipinski definition) is 2. The van der Waals surface area contributed by atoms with E-state index in [9.17, 15) is 15.0 Å². The molecule has 7 nitrogen and oxygen atoms in total. The molecule has 0 aromatic carbocycles. The van der Waals surface area contributed by atoms with Gasteiger partial charge >= 0.3 is 0 Å². The average molecular weight is 458 g/mol. The molecule has 4 atom stereocenters. The van der Waals surface area contributed by atoms with E-state index in [1.54, 1.807) is 24.1 Å². The van der Waals surface area contributed by atoms with Crippen LogP contribution in [-0.4, -0.2) is 82.4 Å². The first-order valence-electron chi connectivity index (χ1n) is 12.2. The minimum Gasteiger partial charge on any atom is -0.472 e. The highest BCUT2D eigenvalue weighted by Gasteiger charge is 2.34. The summed E-state index contributed by atoms with van der Waals surface area (Å²) in [6.07, 6.45) is 7.25. The zero-order chi connectivity index (χ0) is 24.0. The summed E-state index contributed by atoms with van der Waals surface area (Å²) in [6, 6.07) is 1.36. The van der Waals surface area contributed by atoms with Gasteiger partial charge in [0.1, 0.15) is 17.8 Å². The summed E-state index contributed by atoms with van der Waals surface area (Å²) >= 11 is 0. The van der Waals surface area contributed by atoms with E-state index >= 15 is 0 Å². The smallest absolute Gasteiger partial charge is 0.259 e. The molecule has 1 fully saturated rings. The van der Waals surface area contributed by atoms with Gasteiger partial charge in [-0.15, -0.1) is 0 Å². The van der Waals surface area contributed by atoms with Crippen LogP contribution in [0, 0.1) is 23.7 Å². The summed E-state index contributed by atoms with van der Waals surface area (Å²) in [5.41, 5.74) is 0.891. The number of aliphatic hydroxyl groups excluding tert-OH is 2. The van der Waals surface area contributed by atoms with E-state index in [1.165, 1.54) is 32.1 Å². The highest BCUT2D eigenvalue weighted by Crippen LogP contribution is 2.28. The van der Waals surface area contributed by atoms with Crippen LogP contribution < -0.4 is 4.74 Å². The third-order valence-electron chi connectivity index (χ3n) is 6.73. The van der Waals surface area contributed by atoms with Gasteiger partial charge in [-0.1, -0.05) is 38.0 Å². The van der Waals surface area contributed by atoms with Crippen molar-refractivity contribution in [1.29, 1.82) is 0 Å². The molecule has 182 valence electrons. The SMILES string of the molecule is C[C@H](O)C#Cc1cnc2c(c1)C(=O)N([C@H](C)CO)C[C@@H](C)[C@H](CN(C)CC1CCCCC1)O2. The van der Waals surface area contributed by atoms with Crippen molar-refractivity contribution in [2.45, 2.75) is 71.1 Å². The highest BCUT2D eigenvalue weighted by molar-refractivity contribution is 5.97. The molecular weight excluding hydrogens is 418 g/mol. The lowest BCUT2D eigenvalue weighted by atomic mass is 9.89. The minimum atomic E-state index is -0.769. The summed E-state index contributed by atoms with van der Waals surface area (Å²) < 4.78 is 6.36. The molecule has 1 aliphatic carbocycles. The number of hydrogen-bond acceptors (Lipinski definition) is 6. The fourth-order valence-corrected chi connectivity index (χ4v) is 4.77. The maximum absolute atomic E-state index is 13.4. The number of carbonyl (C=O) groups excluding carboxylic acids is 1. The van der Waals surface area contributed by atoms with E-state index in [4.69, 9.17) is 4.74 Å². The van der Waals surface area contributed by atoms with E-state index in [1.807, 2.05) is 6.92 Å². The van der Waals surface area contributed by atoms with Crippen molar-refractivity contribution in [3.05, 3.63) is 23.4 Å². The zero-order valence-electron chi connectivity index (χ0n) is 20.5. The lowest BCUT2D eigenvalue weighted by Crippen LogP contribution is -2.50. The largest absolute Gasteiger partial charge is 0.472 e. The summed E-state index contributed by atoms with van der Waals surface area (Å²) in [4.78, 5) is 21.9. The highest BCUT2D eigenvalue weighted by atomic mass is 16.5. The van der Waals surface area contributed by atoms with Crippen molar-refractivity contribution in [2.75, 3.05) is 33.3 Å². The standard InChI is InChI=1S/C26H39N3O4/c1-18-14-29(19(2)17-30)26(32)23-12-22(11-10-20(3)31)13-27-25(23)33-24(18)16-28(4)15-21-8-6-5-7-9-21/h12-13,18-21,24,30-31H,5-9,14-17H2,1-4H3/t18-,19-,20+,24+/m1/s1. The molecule has 1 aromatic rings. The molecule has 0 unspecified atom stereocenters. The second-order valence-electron chi connectivity index (χ2n) is 9.87. The Bertz CT molecular complexity index is 857. The predicted octanol–water partition coefficient (Wildman–Crippen LogP) is 2.55. The van der Waals surface area contributed by atoms with Gasteiger partial charge in [-0.2, -0.15) is 0 Å². The van der Waals surface area contributed by atoms with Crippen LogP contribution >= 0.6 is 0 Å². The molecule has 0 radical (unpaired) electrons. The van der Waals surface area contributed by atoms with Gasteiger partial charge in [-0.3, -0.25) is 4.79 Å². The van der Waals surface area contributed by atoms with Gasteiger partial charge in [-0.25, -0.2) is 4.98 Å². The summed E-state index contributed by atoms with van der Waals surface area (Å²) in [5, 5.41) is 19.3. The number of carbonyl (C=O) groups is 1. The Kier molecular flexibility index (Phi) is 9.13. The van der Waals surface area contributed by atoms with Crippen LogP contribution in [0.3, 0.4) is 0 Å². The van der Waals surface area contributed by atoms with Crippen molar-refractivity contribution >= 4 is 5.91 Å². The number of pyridine rings is 1. The van der Waals surface area contributed by atoms with E-state index in [2.05, 4.69) is 35.7 Å². The first kappa shape index (κ1) is 25.5. The molecule has 1 amide bonds. The Morgan fingerprint density at radius 1 is 1.27 bits per heavy atom. The predicted molar refractivity (Wildman–Crippen MR) is 128 cm³/mol. The second-order valence-corrected chi connectivity index (χ2v) is 9.87. The maximum Gasteiger partial charge on any atom is 0.259 e. The van der Waals surface area contributed by atoms with Crippen LogP contribution in [0.25, 0.3) is 0 Å². The van der Waals surface area contributed by atoms with Gasteiger partial charge in [0.25, 0.3) is 5.91 Å². The average Bonchev–Trinajstić information content (AvgIpc) is 2.80. The molecule has 0 bridgehead atoms. The first-order chi connectivity index (χ1) is 15.8. The quantitative estimate of drug-likeness (QED) is 0.639. The topological polar surface area (TPSA) is 86.1 Å². The normalized spacial score (nSPS) is 23.6. The van der Waals surface area contributed by atoms with Gasteiger partial charge in [0.15, 0.2) is 0 Å². The fourth-order valence-electron chi connectivity index (χ4n) is 4.77. The van der Waals surface area contributed by atoms with E-state index < -0.39 is 6.10 Å². The van der Waals surface area contributed by atoms with Gasteiger partial charge < -0.3 is 24.7 Å².